The molecule has 4 atom stereocenters. The minimum Gasteiger partial charge on any atom is -0.297 e. The molecule has 1 nitrogen and oxygen atoms in total. The molecule has 4 unspecified atom stereocenters. The van der Waals surface area contributed by atoms with Gasteiger partial charge in [-0.05, 0) is 38.0 Å². The van der Waals surface area contributed by atoms with E-state index >= 15 is 0 Å². The molecular weight excluding hydrogens is 146 g/mol. The van der Waals surface area contributed by atoms with E-state index < -0.39 is 0 Å². The Labute approximate surface area is 76.1 Å². The maximum Gasteiger partial charge on any atom is 0.0108 e. The fraction of sp³-hybridized carbons (Fsp3) is 1.00. The smallest absolute Gasteiger partial charge is 0.0108 e. The lowest BCUT2D eigenvalue weighted by Gasteiger charge is -2.48. The van der Waals surface area contributed by atoms with Gasteiger partial charge in [-0.25, -0.2) is 0 Å². The van der Waals surface area contributed by atoms with Crippen LogP contribution in [0.15, 0.2) is 0 Å². The maximum absolute atomic E-state index is 2.72. The highest BCUT2D eigenvalue weighted by Crippen LogP contribution is 2.36. The molecular formula is C11H21N. The largest absolute Gasteiger partial charge is 0.297 e. The summed E-state index contributed by atoms with van der Waals surface area (Å²) in [7, 11) is 0. The summed E-state index contributed by atoms with van der Waals surface area (Å²) >= 11 is 0. The molecule has 0 aromatic rings. The molecule has 1 saturated carbocycles. The van der Waals surface area contributed by atoms with Gasteiger partial charge >= 0.3 is 0 Å². The SMILES string of the molecule is CC1CCC(N2CC(C)C2C)C1. The Morgan fingerprint density at radius 3 is 2.25 bits per heavy atom. The van der Waals surface area contributed by atoms with Crippen molar-refractivity contribution in [3.63, 3.8) is 0 Å². The molecule has 1 aliphatic carbocycles. The lowest BCUT2D eigenvalue weighted by Crippen LogP contribution is -2.57. The molecule has 0 N–H and O–H groups in total. The van der Waals surface area contributed by atoms with Crippen LogP contribution in [0.1, 0.15) is 40.0 Å². The van der Waals surface area contributed by atoms with Crippen LogP contribution in [-0.4, -0.2) is 23.5 Å². The second kappa shape index (κ2) is 3.02. The minimum atomic E-state index is 0.861. The van der Waals surface area contributed by atoms with Gasteiger partial charge in [0.05, 0.1) is 0 Å². The number of hydrogen-bond acceptors (Lipinski definition) is 1. The maximum atomic E-state index is 2.72. The molecule has 1 saturated heterocycles. The molecule has 0 amide bonds. The van der Waals surface area contributed by atoms with Crippen molar-refractivity contribution in [2.24, 2.45) is 11.8 Å². The van der Waals surface area contributed by atoms with Gasteiger partial charge in [0.15, 0.2) is 0 Å². The zero-order valence-corrected chi connectivity index (χ0v) is 8.59. The molecule has 1 heterocycles. The quantitative estimate of drug-likeness (QED) is 0.580. The van der Waals surface area contributed by atoms with Crippen molar-refractivity contribution in [1.29, 1.82) is 0 Å². The fourth-order valence-corrected chi connectivity index (χ4v) is 2.80. The summed E-state index contributed by atoms with van der Waals surface area (Å²) in [6.07, 6.45) is 4.37. The van der Waals surface area contributed by atoms with Gasteiger partial charge < -0.3 is 0 Å². The molecule has 1 aliphatic heterocycles. The van der Waals surface area contributed by atoms with Crippen LogP contribution in [-0.2, 0) is 0 Å². The molecule has 0 bridgehead atoms. The van der Waals surface area contributed by atoms with Crippen LogP contribution in [0.2, 0.25) is 0 Å². The normalized spacial score (nSPS) is 49.2. The zero-order valence-electron chi connectivity index (χ0n) is 8.59. The summed E-state index contributed by atoms with van der Waals surface area (Å²) in [5.74, 6) is 1.93. The van der Waals surface area contributed by atoms with Gasteiger partial charge in [-0.2, -0.15) is 0 Å². The van der Waals surface area contributed by atoms with Crippen LogP contribution in [0, 0.1) is 11.8 Å². The Balaban J connectivity index is 1.87. The average molecular weight is 167 g/mol. The minimum absolute atomic E-state index is 0.861. The van der Waals surface area contributed by atoms with Crippen molar-refractivity contribution in [3.05, 3.63) is 0 Å². The van der Waals surface area contributed by atoms with Crippen molar-refractivity contribution in [2.75, 3.05) is 6.54 Å². The first kappa shape index (κ1) is 8.55. The molecule has 2 aliphatic rings. The van der Waals surface area contributed by atoms with Crippen molar-refractivity contribution in [2.45, 2.75) is 52.1 Å². The second-order valence-corrected chi connectivity index (χ2v) is 4.99. The van der Waals surface area contributed by atoms with E-state index in [0.29, 0.717) is 0 Å². The predicted octanol–water partition coefficient (Wildman–Crippen LogP) is 2.52. The summed E-state index contributed by atoms with van der Waals surface area (Å²) in [6.45, 7) is 8.52. The third-order valence-corrected chi connectivity index (χ3v) is 3.98. The van der Waals surface area contributed by atoms with Gasteiger partial charge in [0.25, 0.3) is 0 Å². The van der Waals surface area contributed by atoms with Crippen LogP contribution < -0.4 is 0 Å². The molecule has 2 fully saturated rings. The topological polar surface area (TPSA) is 3.24 Å². The van der Waals surface area contributed by atoms with Crippen molar-refractivity contribution in [3.8, 4) is 0 Å². The van der Waals surface area contributed by atoms with E-state index in [1.54, 1.807) is 0 Å². The predicted molar refractivity (Wildman–Crippen MR) is 52.1 cm³/mol. The molecule has 0 spiro atoms. The molecule has 12 heavy (non-hydrogen) atoms. The van der Waals surface area contributed by atoms with E-state index in [9.17, 15) is 0 Å². The van der Waals surface area contributed by atoms with Gasteiger partial charge in [0.2, 0.25) is 0 Å². The van der Waals surface area contributed by atoms with Crippen molar-refractivity contribution >= 4 is 0 Å². The van der Waals surface area contributed by atoms with E-state index in [2.05, 4.69) is 25.7 Å². The van der Waals surface area contributed by atoms with E-state index in [4.69, 9.17) is 0 Å². The molecule has 2 rings (SSSR count). The summed E-state index contributed by atoms with van der Waals surface area (Å²) in [4.78, 5) is 2.72. The molecule has 0 radical (unpaired) electrons. The lowest BCUT2D eigenvalue weighted by atomic mass is 9.89. The van der Waals surface area contributed by atoms with Gasteiger partial charge in [-0.1, -0.05) is 13.8 Å². The molecule has 1 heteroatoms. The monoisotopic (exact) mass is 167 g/mol. The van der Waals surface area contributed by atoms with Gasteiger partial charge in [-0.15, -0.1) is 0 Å². The highest BCUT2D eigenvalue weighted by atomic mass is 15.2. The molecule has 0 aromatic heterocycles. The van der Waals surface area contributed by atoms with Crippen molar-refractivity contribution < 1.29 is 0 Å². The van der Waals surface area contributed by atoms with Crippen LogP contribution >= 0.6 is 0 Å². The average Bonchev–Trinajstić information content (AvgIpc) is 2.46. The van der Waals surface area contributed by atoms with E-state index in [1.807, 2.05) is 0 Å². The Morgan fingerprint density at radius 2 is 1.83 bits per heavy atom. The Hall–Kier alpha value is -0.0400. The lowest BCUT2D eigenvalue weighted by molar-refractivity contribution is -0.00169. The number of likely N-dealkylation sites (tertiary alicyclic amines) is 1. The first-order valence-corrected chi connectivity index (χ1v) is 5.44. The highest BCUT2D eigenvalue weighted by Gasteiger charge is 2.38. The van der Waals surface area contributed by atoms with E-state index in [1.165, 1.54) is 25.8 Å². The highest BCUT2D eigenvalue weighted by molar-refractivity contribution is 4.93. The third kappa shape index (κ3) is 1.28. The summed E-state index contributed by atoms with van der Waals surface area (Å²) in [6, 6.07) is 1.80. The van der Waals surface area contributed by atoms with Crippen LogP contribution in [0.4, 0.5) is 0 Å². The van der Waals surface area contributed by atoms with Crippen LogP contribution in [0.25, 0.3) is 0 Å². The zero-order chi connectivity index (χ0) is 8.72. The van der Waals surface area contributed by atoms with E-state index in [-0.39, 0.29) is 0 Å². The Kier molecular flexibility index (Phi) is 2.16. The van der Waals surface area contributed by atoms with Crippen LogP contribution in [0.5, 0.6) is 0 Å². The summed E-state index contributed by atoms with van der Waals surface area (Å²) in [5.41, 5.74) is 0. The number of rotatable bonds is 1. The Bertz CT molecular complexity index is 164. The third-order valence-electron chi connectivity index (χ3n) is 3.98. The van der Waals surface area contributed by atoms with E-state index in [0.717, 1.165) is 23.9 Å². The fourth-order valence-electron chi connectivity index (χ4n) is 2.80. The second-order valence-electron chi connectivity index (χ2n) is 4.99. The standard InChI is InChI=1S/C11H21N/c1-8-4-5-11(6-8)12-7-9(2)10(12)3/h8-11H,4-7H2,1-3H3. The first-order valence-electron chi connectivity index (χ1n) is 5.44. The van der Waals surface area contributed by atoms with Crippen LogP contribution in [0.3, 0.4) is 0 Å². The summed E-state index contributed by atoms with van der Waals surface area (Å²) in [5, 5.41) is 0. The molecule has 0 aromatic carbocycles. The van der Waals surface area contributed by atoms with Gasteiger partial charge in [0.1, 0.15) is 0 Å². The van der Waals surface area contributed by atoms with Gasteiger partial charge in [0, 0.05) is 18.6 Å². The van der Waals surface area contributed by atoms with Crippen molar-refractivity contribution in [1.82, 2.24) is 4.90 Å². The molecule has 70 valence electrons. The Morgan fingerprint density at radius 1 is 1.08 bits per heavy atom. The summed E-state index contributed by atoms with van der Waals surface area (Å²) < 4.78 is 0. The first-order chi connectivity index (χ1) is 5.68. The number of hydrogen-bond donors (Lipinski definition) is 0. The number of nitrogens with zero attached hydrogens (tertiary/aromatic N) is 1. The van der Waals surface area contributed by atoms with Gasteiger partial charge in [-0.3, -0.25) is 4.90 Å².